The van der Waals surface area contributed by atoms with E-state index in [0.29, 0.717) is 11.3 Å². The van der Waals surface area contributed by atoms with E-state index >= 15 is 0 Å². The number of nitrogens with two attached hydrogens (primary N) is 1. The minimum absolute atomic E-state index is 0.0287. The van der Waals surface area contributed by atoms with Crippen LogP contribution in [0, 0.1) is 42.9 Å². The quantitative estimate of drug-likeness (QED) is 0.185. The number of rotatable bonds is 8. The molecule has 4 rings (SSSR count). The van der Waals surface area contributed by atoms with E-state index in [4.69, 9.17) is 10.5 Å². The van der Waals surface area contributed by atoms with Gasteiger partial charge in [0.25, 0.3) is 0 Å². The largest absolute Gasteiger partial charge is 0.485 e. The summed E-state index contributed by atoms with van der Waals surface area (Å²) in [5, 5.41) is 0. The van der Waals surface area contributed by atoms with E-state index in [0.717, 1.165) is 24.3 Å². The van der Waals surface area contributed by atoms with Crippen LogP contribution in [0.2, 0.25) is 0 Å². The molecular weight excluding hydrogens is 481 g/mol. The highest BCUT2D eigenvalue weighted by molar-refractivity contribution is 5.96. The second-order valence-corrected chi connectivity index (χ2v) is 8.48. The highest BCUT2D eigenvalue weighted by Gasteiger charge is 2.22. The van der Waals surface area contributed by atoms with Crippen LogP contribution in [0.5, 0.6) is 5.75 Å². The molecule has 0 radical (unpaired) electrons. The molecule has 5 nitrogen and oxygen atoms in total. The third-order valence-electron chi connectivity index (χ3n) is 5.81. The molecule has 10 heteroatoms. The van der Waals surface area contributed by atoms with Gasteiger partial charge in [-0.15, -0.1) is 0 Å². The van der Waals surface area contributed by atoms with Gasteiger partial charge in [-0.25, -0.2) is 26.9 Å². The van der Waals surface area contributed by atoms with E-state index in [1.54, 1.807) is 26.1 Å². The zero-order valence-electron chi connectivity index (χ0n) is 19.4. The van der Waals surface area contributed by atoms with E-state index < -0.39 is 35.1 Å². The maximum Gasteiger partial charge on any atom is 0.194 e. The second-order valence-electron chi connectivity index (χ2n) is 8.48. The van der Waals surface area contributed by atoms with Gasteiger partial charge in [0.15, 0.2) is 34.6 Å². The van der Waals surface area contributed by atoms with Crippen molar-refractivity contribution in [3.05, 3.63) is 99.8 Å². The minimum atomic E-state index is -1.59. The number of imidazole rings is 1. The van der Waals surface area contributed by atoms with E-state index in [1.807, 2.05) is 0 Å². The first-order valence-corrected chi connectivity index (χ1v) is 11.0. The zero-order valence-corrected chi connectivity index (χ0v) is 19.4. The van der Waals surface area contributed by atoms with Crippen LogP contribution in [0.1, 0.15) is 51.8 Å². The van der Waals surface area contributed by atoms with Crippen molar-refractivity contribution in [1.29, 1.82) is 0 Å². The molecule has 0 aliphatic rings. The fourth-order valence-electron chi connectivity index (χ4n) is 3.98. The van der Waals surface area contributed by atoms with Gasteiger partial charge in [-0.05, 0) is 61.7 Å². The lowest BCUT2D eigenvalue weighted by atomic mass is 10.00. The Kier molecular flexibility index (Phi) is 7.07. The molecule has 188 valence electrons. The molecule has 2 aromatic carbocycles. The highest BCUT2D eigenvalue weighted by Crippen LogP contribution is 2.28. The van der Waals surface area contributed by atoms with Crippen molar-refractivity contribution in [2.24, 2.45) is 5.73 Å². The van der Waals surface area contributed by atoms with Crippen LogP contribution in [-0.2, 0) is 6.61 Å². The SMILES string of the molecule is Cc1cc(OCc2c(F)cccc2F)c2nc(C)c(C(=O)CCC(N)c3cc(F)c(F)c(F)c3)n2c1. The molecule has 0 aliphatic carbocycles. The van der Waals surface area contributed by atoms with E-state index in [9.17, 15) is 26.7 Å². The molecular formula is C26H22F5N3O2. The number of aryl methyl sites for hydroxylation is 2. The number of hydrogen-bond donors (Lipinski definition) is 1. The molecule has 0 aliphatic heterocycles. The Bertz CT molecular complexity index is 1420. The van der Waals surface area contributed by atoms with Crippen molar-refractivity contribution in [3.8, 4) is 5.75 Å². The molecule has 1 atom stereocenters. The number of ketones is 1. The van der Waals surface area contributed by atoms with E-state index in [-0.39, 0.29) is 53.4 Å². The Labute approximate surface area is 203 Å². The van der Waals surface area contributed by atoms with Crippen LogP contribution >= 0.6 is 0 Å². The number of ether oxygens (including phenoxy) is 1. The Balaban J connectivity index is 1.57. The standard InChI is InChI=1S/C26H22F5N3O2/c1-13-8-23(36-12-16-17(27)4-3-5-18(16)28)26-33-14(2)25(34(26)11-13)22(35)7-6-21(32)15-9-19(29)24(31)20(30)10-15/h3-5,8-11,21H,6-7,12,32H2,1-2H3. The maximum atomic E-state index is 14.0. The van der Waals surface area contributed by atoms with Gasteiger partial charge in [-0.1, -0.05) is 6.07 Å². The lowest BCUT2D eigenvalue weighted by molar-refractivity contribution is 0.0971. The first-order valence-electron chi connectivity index (χ1n) is 11.0. The fourth-order valence-corrected chi connectivity index (χ4v) is 3.98. The zero-order chi connectivity index (χ0) is 26.1. The summed E-state index contributed by atoms with van der Waals surface area (Å²) in [4.78, 5) is 17.5. The molecule has 0 bridgehead atoms. The number of fused-ring (bicyclic) bond motifs is 1. The predicted octanol–water partition coefficient (Wildman–Crippen LogP) is 5.89. The van der Waals surface area contributed by atoms with Crippen molar-refractivity contribution in [3.63, 3.8) is 0 Å². The lowest BCUT2D eigenvalue weighted by Crippen LogP contribution is -2.15. The number of pyridine rings is 1. The number of benzene rings is 2. The number of nitrogens with zero attached hydrogens (tertiary/aromatic N) is 2. The molecule has 0 saturated carbocycles. The van der Waals surface area contributed by atoms with Crippen LogP contribution in [0.25, 0.3) is 5.65 Å². The van der Waals surface area contributed by atoms with Crippen LogP contribution < -0.4 is 10.5 Å². The number of hydrogen-bond acceptors (Lipinski definition) is 4. The van der Waals surface area contributed by atoms with Gasteiger partial charge in [0, 0.05) is 18.7 Å². The summed E-state index contributed by atoms with van der Waals surface area (Å²) in [6.45, 7) is 3.00. The molecule has 36 heavy (non-hydrogen) atoms. The van der Waals surface area contributed by atoms with Crippen molar-refractivity contribution in [2.45, 2.75) is 39.3 Å². The topological polar surface area (TPSA) is 69.6 Å². The van der Waals surface area contributed by atoms with Crippen molar-refractivity contribution in [1.82, 2.24) is 9.38 Å². The monoisotopic (exact) mass is 503 g/mol. The predicted molar refractivity (Wildman–Crippen MR) is 122 cm³/mol. The summed E-state index contributed by atoms with van der Waals surface area (Å²) >= 11 is 0. The van der Waals surface area contributed by atoms with E-state index in [2.05, 4.69) is 4.98 Å². The Morgan fingerprint density at radius 1 is 1.03 bits per heavy atom. The minimum Gasteiger partial charge on any atom is -0.485 e. The summed E-state index contributed by atoms with van der Waals surface area (Å²) in [6.07, 6.45) is 1.63. The van der Waals surface area contributed by atoms with Crippen LogP contribution in [0.15, 0.2) is 42.6 Å². The van der Waals surface area contributed by atoms with Gasteiger partial charge in [-0.2, -0.15) is 0 Å². The summed E-state index contributed by atoms with van der Waals surface area (Å²) in [7, 11) is 0. The molecule has 0 fully saturated rings. The van der Waals surface area contributed by atoms with Gasteiger partial charge in [0.05, 0.1) is 11.3 Å². The number of carbonyl (C=O) groups excluding carboxylic acids is 1. The van der Waals surface area contributed by atoms with Gasteiger partial charge in [0.1, 0.15) is 23.9 Å². The van der Waals surface area contributed by atoms with Crippen LogP contribution in [-0.4, -0.2) is 15.2 Å². The van der Waals surface area contributed by atoms with Crippen LogP contribution in [0.4, 0.5) is 22.0 Å². The normalized spacial score (nSPS) is 12.2. The van der Waals surface area contributed by atoms with Gasteiger partial charge in [0.2, 0.25) is 0 Å². The summed E-state index contributed by atoms with van der Waals surface area (Å²) in [5.41, 5.74) is 7.40. The second kappa shape index (κ2) is 10.1. The smallest absolute Gasteiger partial charge is 0.194 e. The Morgan fingerprint density at radius 3 is 2.31 bits per heavy atom. The molecule has 0 amide bonds. The molecule has 2 aromatic heterocycles. The fraction of sp³-hybridized carbons (Fsp3) is 0.231. The van der Waals surface area contributed by atoms with E-state index in [1.165, 1.54) is 10.5 Å². The summed E-state index contributed by atoms with van der Waals surface area (Å²) in [5.74, 6) is -5.90. The average Bonchev–Trinajstić information content (AvgIpc) is 3.15. The van der Waals surface area contributed by atoms with Crippen molar-refractivity contribution < 1.29 is 31.5 Å². The lowest BCUT2D eigenvalue weighted by Gasteiger charge is -2.13. The number of aromatic nitrogens is 2. The highest BCUT2D eigenvalue weighted by atomic mass is 19.2. The third kappa shape index (κ3) is 4.94. The van der Waals surface area contributed by atoms with Crippen molar-refractivity contribution >= 4 is 11.4 Å². The number of halogens is 5. The van der Waals surface area contributed by atoms with Crippen LogP contribution in [0.3, 0.4) is 0 Å². The molecule has 4 aromatic rings. The Morgan fingerprint density at radius 2 is 1.67 bits per heavy atom. The molecule has 2 heterocycles. The van der Waals surface area contributed by atoms with Crippen molar-refractivity contribution in [2.75, 3.05) is 0 Å². The first-order chi connectivity index (χ1) is 17.1. The number of carbonyl (C=O) groups is 1. The summed E-state index contributed by atoms with van der Waals surface area (Å²) in [6, 6.07) is 5.85. The molecule has 2 N–H and O–H groups in total. The van der Waals surface area contributed by atoms with Gasteiger partial charge >= 0.3 is 0 Å². The summed E-state index contributed by atoms with van der Waals surface area (Å²) < 4.78 is 75.5. The Hall–Kier alpha value is -3.79. The molecule has 1 unspecified atom stereocenters. The first kappa shape index (κ1) is 25.3. The molecule has 0 saturated heterocycles. The average molecular weight is 503 g/mol. The third-order valence-corrected chi connectivity index (χ3v) is 5.81. The maximum absolute atomic E-state index is 14.0. The van der Waals surface area contributed by atoms with Gasteiger partial charge < -0.3 is 10.5 Å². The number of Topliss-reactive ketones (excluding diaryl/α,β-unsaturated/α-hetero) is 1. The molecule has 0 spiro atoms. The van der Waals surface area contributed by atoms with Gasteiger partial charge in [-0.3, -0.25) is 9.20 Å².